The summed E-state index contributed by atoms with van der Waals surface area (Å²) in [5.41, 5.74) is 9.40. The van der Waals surface area contributed by atoms with E-state index in [1.165, 1.54) is 24.3 Å². The van der Waals surface area contributed by atoms with E-state index in [2.05, 4.69) is 4.90 Å². The van der Waals surface area contributed by atoms with Crippen LogP contribution in [0, 0.1) is 5.82 Å². The van der Waals surface area contributed by atoms with E-state index < -0.39 is 15.8 Å². The number of nitrogens with zero attached hydrogens (tertiary/aromatic N) is 2. The van der Waals surface area contributed by atoms with Crippen LogP contribution in [-0.4, -0.2) is 29.7 Å². The summed E-state index contributed by atoms with van der Waals surface area (Å²) >= 11 is 0. The van der Waals surface area contributed by atoms with Gasteiger partial charge in [-0.25, -0.2) is 16.8 Å². The first-order chi connectivity index (χ1) is 15.8. The number of carbonyl (C=O) groups excluding carboxylic acids is 1. The highest BCUT2D eigenvalue weighted by Gasteiger charge is 2.24. The Morgan fingerprint density at radius 3 is 2.48 bits per heavy atom. The predicted molar refractivity (Wildman–Crippen MR) is 124 cm³/mol. The van der Waals surface area contributed by atoms with Crippen LogP contribution in [0.1, 0.15) is 17.5 Å². The van der Waals surface area contributed by atoms with Gasteiger partial charge in [-0.2, -0.15) is 0 Å². The molecule has 1 aromatic heterocycles. The second kappa shape index (κ2) is 8.13. The summed E-state index contributed by atoms with van der Waals surface area (Å²) in [5.74, 6) is -0.831. The summed E-state index contributed by atoms with van der Waals surface area (Å²) < 4.78 is 42.0. The molecule has 2 N–H and O–H groups in total. The molecule has 2 heterocycles. The monoisotopic (exact) mass is 463 g/mol. The van der Waals surface area contributed by atoms with Crippen molar-refractivity contribution in [3.63, 3.8) is 0 Å². The second-order valence-electron chi connectivity index (χ2n) is 8.23. The maximum atomic E-state index is 14.1. The fourth-order valence-electron chi connectivity index (χ4n) is 4.37. The van der Waals surface area contributed by atoms with Crippen LogP contribution in [-0.2, 0) is 27.9 Å². The molecular weight excluding hydrogens is 441 g/mol. The molecule has 0 fully saturated rings. The van der Waals surface area contributed by atoms with E-state index in [1.54, 1.807) is 30.5 Å². The first-order valence-electron chi connectivity index (χ1n) is 10.6. The zero-order chi connectivity index (χ0) is 23.2. The molecule has 1 amide bonds. The smallest absolute Gasteiger partial charge is 0.268 e. The Morgan fingerprint density at radius 2 is 1.73 bits per heavy atom. The van der Waals surface area contributed by atoms with Crippen molar-refractivity contribution in [1.82, 2.24) is 8.87 Å². The van der Waals surface area contributed by atoms with Gasteiger partial charge < -0.3 is 5.73 Å². The molecule has 6 nitrogen and oxygen atoms in total. The molecule has 3 aromatic carbocycles. The first kappa shape index (κ1) is 21.4. The number of carbonyl (C=O) groups is 1. The summed E-state index contributed by atoms with van der Waals surface area (Å²) in [4.78, 5) is 13.4. The summed E-state index contributed by atoms with van der Waals surface area (Å²) in [5, 5.41) is 0.652. The molecule has 0 saturated carbocycles. The highest BCUT2D eigenvalue weighted by molar-refractivity contribution is 7.90. The van der Waals surface area contributed by atoms with Gasteiger partial charge in [0.15, 0.2) is 0 Å². The number of primary amides is 1. The Morgan fingerprint density at radius 1 is 0.970 bits per heavy atom. The van der Waals surface area contributed by atoms with E-state index in [0.29, 0.717) is 30.5 Å². The van der Waals surface area contributed by atoms with Crippen LogP contribution in [0.25, 0.3) is 22.0 Å². The van der Waals surface area contributed by atoms with Gasteiger partial charge in [0, 0.05) is 43.2 Å². The number of amides is 1. The van der Waals surface area contributed by atoms with Crippen LogP contribution in [0.5, 0.6) is 0 Å². The maximum Gasteiger partial charge on any atom is 0.268 e. The topological polar surface area (TPSA) is 85.4 Å². The lowest BCUT2D eigenvalue weighted by Crippen LogP contribution is -2.23. The van der Waals surface area contributed by atoms with Crippen LogP contribution in [0.4, 0.5) is 4.39 Å². The normalized spacial score (nSPS) is 14.0. The Labute approximate surface area is 191 Å². The van der Waals surface area contributed by atoms with Crippen molar-refractivity contribution >= 4 is 26.8 Å². The van der Waals surface area contributed by atoms with Crippen molar-refractivity contribution in [3.05, 3.63) is 89.9 Å². The molecule has 4 aromatic rings. The average molecular weight is 464 g/mol. The van der Waals surface area contributed by atoms with Gasteiger partial charge in [0.1, 0.15) is 5.82 Å². The minimum absolute atomic E-state index is 0.136. The van der Waals surface area contributed by atoms with E-state index in [0.717, 1.165) is 27.2 Å². The van der Waals surface area contributed by atoms with E-state index >= 15 is 0 Å². The van der Waals surface area contributed by atoms with Gasteiger partial charge in [-0.1, -0.05) is 30.3 Å². The maximum absolute atomic E-state index is 14.1. The predicted octanol–water partition coefficient (Wildman–Crippen LogP) is 3.88. The van der Waals surface area contributed by atoms with E-state index in [9.17, 15) is 17.6 Å². The number of aromatic nitrogens is 1. The third-order valence-corrected chi connectivity index (χ3v) is 7.70. The highest BCUT2D eigenvalue weighted by Crippen LogP contribution is 2.36. The van der Waals surface area contributed by atoms with E-state index in [4.69, 9.17) is 5.73 Å². The van der Waals surface area contributed by atoms with Gasteiger partial charge in [0.2, 0.25) is 5.91 Å². The molecular formula is C25H22FN3O3S. The fraction of sp³-hybridized carbons (Fsp3) is 0.160. The molecule has 0 bridgehead atoms. The molecule has 168 valence electrons. The molecule has 1 aliphatic rings. The summed E-state index contributed by atoms with van der Waals surface area (Å²) in [6.07, 6.45) is 1.87. The van der Waals surface area contributed by atoms with Gasteiger partial charge in [-0.05, 0) is 53.1 Å². The summed E-state index contributed by atoms with van der Waals surface area (Å²) in [6, 6.07) is 18.3. The number of nitrogens with two attached hydrogens (primary N) is 1. The molecule has 0 saturated heterocycles. The number of hydrogen-bond donors (Lipinski definition) is 1. The number of benzene rings is 3. The Bertz CT molecular complexity index is 1480. The van der Waals surface area contributed by atoms with Crippen LogP contribution in [0.15, 0.2) is 77.8 Å². The second-order valence-corrected chi connectivity index (χ2v) is 10.0. The van der Waals surface area contributed by atoms with Crippen LogP contribution >= 0.6 is 0 Å². The highest BCUT2D eigenvalue weighted by atomic mass is 32.2. The van der Waals surface area contributed by atoms with E-state index in [1.807, 2.05) is 18.2 Å². The van der Waals surface area contributed by atoms with Crippen molar-refractivity contribution in [3.8, 4) is 11.1 Å². The molecule has 1 aliphatic heterocycles. The Hall–Kier alpha value is -3.49. The number of hydrogen-bond acceptors (Lipinski definition) is 4. The van der Waals surface area contributed by atoms with Crippen molar-refractivity contribution in [2.24, 2.45) is 5.73 Å². The third kappa shape index (κ3) is 3.92. The molecule has 33 heavy (non-hydrogen) atoms. The molecule has 0 spiro atoms. The van der Waals surface area contributed by atoms with Crippen LogP contribution in [0.2, 0.25) is 0 Å². The van der Waals surface area contributed by atoms with Crippen molar-refractivity contribution in [2.75, 3.05) is 6.54 Å². The minimum atomic E-state index is -3.91. The Balaban J connectivity index is 1.59. The van der Waals surface area contributed by atoms with Crippen molar-refractivity contribution < 1.29 is 17.6 Å². The van der Waals surface area contributed by atoms with Gasteiger partial charge >= 0.3 is 0 Å². The average Bonchev–Trinajstić information content (AvgIpc) is 3.39. The standard InChI is InChI=1S/C25H22FN3O3S/c26-20-8-9-22-23(16-29(24(22)13-20)33(31,32)21-4-2-1-3-5-21)17-6-7-18-14-28(11-10-25(27)30)15-19(18)12-17/h1-9,12-13,16H,10-11,14-15H2,(H2,27,30). The Kier molecular flexibility index (Phi) is 5.26. The van der Waals surface area contributed by atoms with Gasteiger partial charge in [-0.15, -0.1) is 0 Å². The largest absolute Gasteiger partial charge is 0.370 e. The minimum Gasteiger partial charge on any atom is -0.370 e. The third-order valence-electron chi connectivity index (χ3n) is 6.01. The molecule has 8 heteroatoms. The number of fused-ring (bicyclic) bond motifs is 2. The lowest BCUT2D eigenvalue weighted by Gasteiger charge is -2.12. The zero-order valence-electron chi connectivity index (χ0n) is 17.7. The summed E-state index contributed by atoms with van der Waals surface area (Å²) in [6.45, 7) is 2.01. The number of halogens is 1. The lowest BCUT2D eigenvalue weighted by molar-refractivity contribution is -0.118. The molecule has 0 unspecified atom stereocenters. The van der Waals surface area contributed by atoms with Crippen molar-refractivity contribution in [1.29, 1.82) is 0 Å². The quantitative estimate of drug-likeness (QED) is 0.470. The molecule has 5 rings (SSSR count). The van der Waals surface area contributed by atoms with Gasteiger partial charge in [0.05, 0.1) is 10.4 Å². The molecule has 0 radical (unpaired) electrons. The molecule has 0 aliphatic carbocycles. The van der Waals surface area contributed by atoms with E-state index in [-0.39, 0.29) is 16.3 Å². The van der Waals surface area contributed by atoms with Gasteiger partial charge in [0.25, 0.3) is 10.0 Å². The SMILES string of the molecule is NC(=O)CCN1Cc2ccc(-c3cn(S(=O)(=O)c4ccccc4)c4cc(F)ccc34)cc2C1. The van der Waals surface area contributed by atoms with Crippen LogP contribution in [0.3, 0.4) is 0 Å². The molecule has 0 atom stereocenters. The summed E-state index contributed by atoms with van der Waals surface area (Å²) in [7, 11) is -3.91. The lowest BCUT2D eigenvalue weighted by atomic mass is 10.0. The number of rotatable bonds is 6. The fourth-order valence-corrected chi connectivity index (χ4v) is 5.75. The van der Waals surface area contributed by atoms with Gasteiger partial charge in [-0.3, -0.25) is 9.69 Å². The van der Waals surface area contributed by atoms with Crippen LogP contribution < -0.4 is 5.73 Å². The zero-order valence-corrected chi connectivity index (χ0v) is 18.6. The van der Waals surface area contributed by atoms with Crippen molar-refractivity contribution in [2.45, 2.75) is 24.4 Å². The first-order valence-corrected chi connectivity index (χ1v) is 12.0.